The molecule has 51 valence electrons. The van der Waals surface area contributed by atoms with E-state index in [4.69, 9.17) is 0 Å². The highest BCUT2D eigenvalue weighted by Gasteiger charge is 2.13. The summed E-state index contributed by atoms with van der Waals surface area (Å²) in [7, 11) is 0. The Kier molecular flexibility index (Phi) is 1.44. The molecule has 0 fully saturated rings. The normalized spacial score (nSPS) is 29.6. The molecule has 10 heavy (non-hydrogen) atoms. The third-order valence-corrected chi connectivity index (χ3v) is 1.87. The van der Waals surface area contributed by atoms with Crippen molar-refractivity contribution in [2.45, 2.75) is 12.5 Å². The van der Waals surface area contributed by atoms with Gasteiger partial charge in [0.1, 0.15) is 0 Å². The molecule has 1 heteroatoms. The zero-order valence-electron chi connectivity index (χ0n) is 5.83. The topological polar surface area (TPSA) is 14.1 Å². The van der Waals surface area contributed by atoms with Crippen molar-refractivity contribution in [3.05, 3.63) is 36.0 Å². The molecule has 0 saturated carbocycles. The third-order valence-electron chi connectivity index (χ3n) is 1.87. The Bertz CT molecular complexity index is 211. The van der Waals surface area contributed by atoms with Gasteiger partial charge in [0.2, 0.25) is 0 Å². The quantitative estimate of drug-likeness (QED) is 0.442. The van der Waals surface area contributed by atoms with Gasteiger partial charge in [-0.25, -0.2) is 5.32 Å². The maximum absolute atomic E-state index is 4.41. The van der Waals surface area contributed by atoms with Crippen LogP contribution in [-0.4, -0.2) is 12.6 Å². The number of allylic oxidation sites excluding steroid dienone is 2. The van der Waals surface area contributed by atoms with E-state index in [1.807, 2.05) is 0 Å². The van der Waals surface area contributed by atoms with E-state index in [1.165, 1.54) is 5.57 Å². The fourth-order valence-electron chi connectivity index (χ4n) is 1.34. The summed E-state index contributed by atoms with van der Waals surface area (Å²) in [4.78, 5) is 0. The van der Waals surface area contributed by atoms with E-state index in [1.54, 1.807) is 0 Å². The van der Waals surface area contributed by atoms with Crippen LogP contribution in [0.3, 0.4) is 0 Å². The van der Waals surface area contributed by atoms with E-state index in [9.17, 15) is 0 Å². The van der Waals surface area contributed by atoms with Gasteiger partial charge in [0.25, 0.3) is 0 Å². The van der Waals surface area contributed by atoms with Crippen LogP contribution >= 0.6 is 0 Å². The summed E-state index contributed by atoms with van der Waals surface area (Å²) in [5.74, 6) is 0. The Labute approximate surface area is 61.1 Å². The van der Waals surface area contributed by atoms with E-state index >= 15 is 0 Å². The van der Waals surface area contributed by atoms with Crippen molar-refractivity contribution in [2.24, 2.45) is 0 Å². The summed E-state index contributed by atoms with van der Waals surface area (Å²) in [5.41, 5.74) is 1.37. The molecule has 2 rings (SSSR count). The highest BCUT2D eigenvalue weighted by molar-refractivity contribution is 5.35. The van der Waals surface area contributed by atoms with Gasteiger partial charge in [-0.15, -0.1) is 0 Å². The number of nitrogens with zero attached hydrogens (tertiary/aromatic N) is 1. The molecule has 0 aromatic rings. The maximum Gasteiger partial charge on any atom is 0.0677 e. The summed E-state index contributed by atoms with van der Waals surface area (Å²) in [6.07, 6.45) is 12.0. The van der Waals surface area contributed by atoms with Crippen LogP contribution in [0.5, 0.6) is 0 Å². The second kappa shape index (κ2) is 2.43. The van der Waals surface area contributed by atoms with Crippen molar-refractivity contribution in [3.8, 4) is 0 Å². The number of hydrogen-bond donors (Lipinski definition) is 0. The largest absolute Gasteiger partial charge is 0.225 e. The summed E-state index contributed by atoms with van der Waals surface area (Å²) < 4.78 is 0. The van der Waals surface area contributed by atoms with Gasteiger partial charge in [-0.1, -0.05) is 30.4 Å². The van der Waals surface area contributed by atoms with Crippen molar-refractivity contribution < 1.29 is 0 Å². The lowest BCUT2D eigenvalue weighted by Gasteiger charge is -2.19. The van der Waals surface area contributed by atoms with Gasteiger partial charge in [-0.05, 0) is 12.0 Å². The molecule has 1 heterocycles. The van der Waals surface area contributed by atoms with Gasteiger partial charge >= 0.3 is 0 Å². The molecule has 1 aliphatic heterocycles. The lowest BCUT2D eigenvalue weighted by molar-refractivity contribution is 0.675. The van der Waals surface area contributed by atoms with Crippen LogP contribution in [-0.2, 0) is 0 Å². The molecule has 0 N–H and O–H groups in total. The number of hydrogen-bond acceptors (Lipinski definition) is 0. The van der Waals surface area contributed by atoms with Crippen molar-refractivity contribution >= 4 is 0 Å². The monoisotopic (exact) mass is 132 g/mol. The van der Waals surface area contributed by atoms with Crippen molar-refractivity contribution in [3.63, 3.8) is 0 Å². The second-order valence-corrected chi connectivity index (χ2v) is 2.58. The first-order chi connectivity index (χ1) is 4.97. The fraction of sp³-hybridized carbons (Fsp3) is 0.333. The fourth-order valence-corrected chi connectivity index (χ4v) is 1.34. The highest BCUT2D eigenvalue weighted by Crippen LogP contribution is 2.16. The van der Waals surface area contributed by atoms with E-state index in [2.05, 4.69) is 35.7 Å². The predicted octanol–water partition coefficient (Wildman–Crippen LogP) is 1.42. The lowest BCUT2D eigenvalue weighted by atomic mass is 9.98. The van der Waals surface area contributed by atoms with E-state index in [0.717, 1.165) is 13.0 Å². The molecular formula is C9H10N. The molecule has 0 bridgehead atoms. The lowest BCUT2D eigenvalue weighted by Crippen LogP contribution is -2.26. The van der Waals surface area contributed by atoms with E-state index < -0.39 is 0 Å². The zero-order chi connectivity index (χ0) is 6.81. The average molecular weight is 132 g/mol. The van der Waals surface area contributed by atoms with Crippen LogP contribution in [0.15, 0.2) is 36.0 Å². The minimum atomic E-state index is 0.374. The van der Waals surface area contributed by atoms with E-state index in [0.29, 0.717) is 6.04 Å². The van der Waals surface area contributed by atoms with Gasteiger partial charge in [0, 0.05) is 6.54 Å². The van der Waals surface area contributed by atoms with Crippen LogP contribution in [0.4, 0.5) is 0 Å². The SMILES string of the molecule is C1=CC2[N]CC=CC2=CC1. The molecule has 0 saturated heterocycles. The molecule has 0 aromatic heterocycles. The minimum absolute atomic E-state index is 0.374. The minimum Gasteiger partial charge on any atom is -0.225 e. The van der Waals surface area contributed by atoms with Gasteiger partial charge in [0.15, 0.2) is 0 Å². The molecule has 1 atom stereocenters. The molecular weight excluding hydrogens is 122 g/mol. The zero-order valence-corrected chi connectivity index (χ0v) is 5.83. The molecule has 1 unspecified atom stereocenters. The van der Waals surface area contributed by atoms with Crippen LogP contribution in [0, 0.1) is 0 Å². The van der Waals surface area contributed by atoms with Crippen molar-refractivity contribution in [1.29, 1.82) is 0 Å². The molecule has 2 aliphatic rings. The predicted molar refractivity (Wildman–Crippen MR) is 41.8 cm³/mol. The van der Waals surface area contributed by atoms with Crippen LogP contribution < -0.4 is 5.32 Å². The van der Waals surface area contributed by atoms with Crippen molar-refractivity contribution in [1.82, 2.24) is 5.32 Å². The van der Waals surface area contributed by atoms with Crippen LogP contribution in [0.2, 0.25) is 0 Å². The molecule has 1 aliphatic carbocycles. The molecule has 0 spiro atoms. The Morgan fingerprint density at radius 2 is 2.40 bits per heavy atom. The molecule has 1 nitrogen and oxygen atoms in total. The van der Waals surface area contributed by atoms with Crippen molar-refractivity contribution in [2.75, 3.05) is 6.54 Å². The van der Waals surface area contributed by atoms with Gasteiger partial charge in [-0.2, -0.15) is 0 Å². The van der Waals surface area contributed by atoms with Gasteiger partial charge < -0.3 is 0 Å². The highest BCUT2D eigenvalue weighted by atomic mass is 14.9. The molecule has 1 radical (unpaired) electrons. The number of fused-ring (bicyclic) bond motifs is 1. The standard InChI is InChI=1S/C9H10N/c1-2-6-9-8(4-1)5-3-7-10-9/h2-6,9H,1,7H2. The Balaban J connectivity index is 2.26. The Morgan fingerprint density at radius 1 is 1.40 bits per heavy atom. The first-order valence-electron chi connectivity index (χ1n) is 3.67. The summed E-state index contributed by atoms with van der Waals surface area (Å²) in [5, 5.41) is 4.41. The Hall–Kier alpha value is -0.820. The first kappa shape index (κ1) is 5.93. The number of rotatable bonds is 0. The molecule has 0 aromatic carbocycles. The smallest absolute Gasteiger partial charge is 0.0677 e. The van der Waals surface area contributed by atoms with E-state index in [-0.39, 0.29) is 0 Å². The van der Waals surface area contributed by atoms with Crippen LogP contribution in [0.1, 0.15) is 6.42 Å². The average Bonchev–Trinajstić information content (AvgIpc) is 2.05. The molecule has 0 amide bonds. The summed E-state index contributed by atoms with van der Waals surface area (Å²) in [6, 6.07) is 0.374. The summed E-state index contributed by atoms with van der Waals surface area (Å²) >= 11 is 0. The second-order valence-electron chi connectivity index (χ2n) is 2.58. The third kappa shape index (κ3) is 0.929. The maximum atomic E-state index is 4.41. The summed E-state index contributed by atoms with van der Waals surface area (Å²) in [6.45, 7) is 0.881. The first-order valence-corrected chi connectivity index (χ1v) is 3.67. The Morgan fingerprint density at radius 3 is 3.30 bits per heavy atom. The van der Waals surface area contributed by atoms with Gasteiger partial charge in [0.05, 0.1) is 6.04 Å². The van der Waals surface area contributed by atoms with Crippen LogP contribution in [0.25, 0.3) is 0 Å². The van der Waals surface area contributed by atoms with Gasteiger partial charge in [-0.3, -0.25) is 0 Å².